The third-order valence-corrected chi connectivity index (χ3v) is 3.35. The molecule has 102 valence electrons. The van der Waals surface area contributed by atoms with Crippen LogP contribution in [0, 0.1) is 5.82 Å². The molecule has 2 rings (SSSR count). The summed E-state index contributed by atoms with van der Waals surface area (Å²) in [4.78, 5) is 4.59. The molecule has 0 bridgehead atoms. The Morgan fingerprint density at radius 1 is 0.895 bits per heavy atom. The number of pyridine rings is 1. The van der Waals surface area contributed by atoms with Gasteiger partial charge >= 0.3 is 0 Å². The van der Waals surface area contributed by atoms with Crippen molar-refractivity contribution in [3.8, 4) is 0 Å². The quantitative estimate of drug-likeness (QED) is 0.651. The van der Waals surface area contributed by atoms with E-state index in [4.69, 9.17) is 0 Å². The highest BCUT2D eigenvalue weighted by Crippen LogP contribution is 2.30. The van der Waals surface area contributed by atoms with Gasteiger partial charge in [-0.2, -0.15) is 0 Å². The van der Waals surface area contributed by atoms with Crippen LogP contribution in [0.5, 0.6) is 0 Å². The maximum atomic E-state index is 14.2. The van der Waals surface area contributed by atoms with Gasteiger partial charge in [0.15, 0.2) is 0 Å². The van der Waals surface area contributed by atoms with Crippen molar-refractivity contribution >= 4 is 10.9 Å². The molecule has 0 amide bonds. The lowest BCUT2D eigenvalue weighted by molar-refractivity contribution is 0.524. The minimum Gasteiger partial charge on any atom is -0.252 e. The van der Waals surface area contributed by atoms with Crippen molar-refractivity contribution in [2.24, 2.45) is 0 Å². The van der Waals surface area contributed by atoms with Crippen LogP contribution in [0.15, 0.2) is 24.3 Å². The summed E-state index contributed by atoms with van der Waals surface area (Å²) >= 11 is 0. The molecule has 0 aliphatic heterocycles. The van der Waals surface area contributed by atoms with E-state index in [1.54, 1.807) is 6.07 Å². The fourth-order valence-electron chi connectivity index (χ4n) is 2.14. The average Bonchev–Trinajstić information content (AvgIpc) is 2.24. The van der Waals surface area contributed by atoms with Crippen molar-refractivity contribution in [3.63, 3.8) is 0 Å². The van der Waals surface area contributed by atoms with Gasteiger partial charge in [-0.25, -0.2) is 4.39 Å². The molecular formula is C17H22FN. The first-order valence-electron chi connectivity index (χ1n) is 6.70. The number of hydrogen-bond acceptors (Lipinski definition) is 1. The highest BCUT2D eigenvalue weighted by atomic mass is 19.1. The Morgan fingerprint density at radius 2 is 1.53 bits per heavy atom. The minimum atomic E-state index is -0.193. The zero-order valence-electron chi connectivity index (χ0n) is 12.6. The number of aromatic nitrogens is 1. The Hall–Kier alpha value is -1.44. The van der Waals surface area contributed by atoms with Crippen molar-refractivity contribution in [2.45, 2.75) is 52.4 Å². The van der Waals surface area contributed by atoms with E-state index in [0.717, 1.165) is 22.2 Å². The number of fused-ring (bicyclic) bond motifs is 1. The summed E-state index contributed by atoms with van der Waals surface area (Å²) in [6.07, 6.45) is 0. The average molecular weight is 259 g/mol. The molecule has 0 aliphatic rings. The van der Waals surface area contributed by atoms with Gasteiger partial charge in [0.05, 0.1) is 5.52 Å². The molecule has 1 aromatic carbocycles. The third kappa shape index (κ3) is 2.78. The van der Waals surface area contributed by atoms with Gasteiger partial charge in [0.1, 0.15) is 5.82 Å². The Labute approximate surface area is 114 Å². The van der Waals surface area contributed by atoms with Crippen LogP contribution in [0.1, 0.15) is 52.8 Å². The molecule has 0 aliphatic carbocycles. The maximum absolute atomic E-state index is 14.2. The maximum Gasteiger partial charge on any atom is 0.129 e. The van der Waals surface area contributed by atoms with Crippen molar-refractivity contribution in [1.29, 1.82) is 0 Å². The van der Waals surface area contributed by atoms with Crippen LogP contribution in [0.2, 0.25) is 0 Å². The van der Waals surface area contributed by atoms with Gasteiger partial charge in [-0.15, -0.1) is 0 Å². The SMILES string of the molecule is CC(C)(C)c1ccc2cc(C(C)(C)C)c(F)cc2n1. The molecule has 2 heteroatoms. The highest BCUT2D eigenvalue weighted by Gasteiger charge is 2.20. The lowest BCUT2D eigenvalue weighted by Gasteiger charge is -2.21. The minimum absolute atomic E-state index is 0.0205. The molecule has 2 aromatic rings. The molecule has 0 spiro atoms. The summed E-state index contributed by atoms with van der Waals surface area (Å²) < 4.78 is 14.2. The van der Waals surface area contributed by atoms with E-state index in [1.807, 2.05) is 39.0 Å². The van der Waals surface area contributed by atoms with Gasteiger partial charge in [0.2, 0.25) is 0 Å². The molecule has 0 unspecified atom stereocenters. The van der Waals surface area contributed by atoms with Crippen molar-refractivity contribution in [3.05, 3.63) is 41.3 Å². The monoisotopic (exact) mass is 259 g/mol. The van der Waals surface area contributed by atoms with Crippen LogP contribution in [-0.2, 0) is 10.8 Å². The second-order valence-electron chi connectivity index (χ2n) is 7.22. The van der Waals surface area contributed by atoms with Crippen LogP contribution < -0.4 is 0 Å². The Balaban J connectivity index is 2.65. The Bertz CT molecular complexity index is 615. The van der Waals surface area contributed by atoms with E-state index in [0.29, 0.717) is 0 Å². The van der Waals surface area contributed by atoms with E-state index in [-0.39, 0.29) is 16.6 Å². The molecule has 1 nitrogen and oxygen atoms in total. The molecule has 1 aromatic heterocycles. The molecule has 0 fully saturated rings. The van der Waals surface area contributed by atoms with Crippen molar-refractivity contribution in [1.82, 2.24) is 4.98 Å². The van der Waals surface area contributed by atoms with Crippen molar-refractivity contribution in [2.75, 3.05) is 0 Å². The Kier molecular flexibility index (Phi) is 3.16. The van der Waals surface area contributed by atoms with Crippen molar-refractivity contribution < 1.29 is 4.39 Å². The third-order valence-electron chi connectivity index (χ3n) is 3.35. The van der Waals surface area contributed by atoms with E-state index in [9.17, 15) is 4.39 Å². The van der Waals surface area contributed by atoms with Crippen LogP contribution >= 0.6 is 0 Å². The first-order chi connectivity index (χ1) is 8.59. The van der Waals surface area contributed by atoms with E-state index in [1.165, 1.54) is 0 Å². The molecule has 0 saturated heterocycles. The predicted octanol–water partition coefficient (Wildman–Crippen LogP) is 4.97. The summed E-state index contributed by atoms with van der Waals surface area (Å²) in [6, 6.07) is 7.56. The second kappa shape index (κ2) is 4.29. The number of hydrogen-bond donors (Lipinski definition) is 0. The second-order valence-corrected chi connectivity index (χ2v) is 7.22. The smallest absolute Gasteiger partial charge is 0.129 e. The van der Waals surface area contributed by atoms with Gasteiger partial charge in [-0.05, 0) is 23.1 Å². The molecule has 0 atom stereocenters. The number of nitrogens with zero attached hydrogens (tertiary/aromatic N) is 1. The molecular weight excluding hydrogens is 237 g/mol. The van der Waals surface area contributed by atoms with Crippen LogP contribution in [0.4, 0.5) is 4.39 Å². The fraction of sp³-hybridized carbons (Fsp3) is 0.471. The molecule has 0 saturated carbocycles. The topological polar surface area (TPSA) is 12.9 Å². The summed E-state index contributed by atoms with van der Waals surface area (Å²) in [5, 5.41) is 0.999. The fourth-order valence-corrected chi connectivity index (χ4v) is 2.14. The Morgan fingerprint density at radius 3 is 2.05 bits per heavy atom. The van der Waals surface area contributed by atoms with Gasteiger partial charge in [-0.3, -0.25) is 4.98 Å². The highest BCUT2D eigenvalue weighted by molar-refractivity contribution is 5.80. The number of benzene rings is 1. The normalized spacial score (nSPS) is 13.0. The van der Waals surface area contributed by atoms with Crippen LogP contribution in [-0.4, -0.2) is 4.98 Å². The summed E-state index contributed by atoms with van der Waals surface area (Å²) in [5.74, 6) is -0.168. The standard InChI is InChI=1S/C17H22FN/c1-16(2,3)12-9-11-7-8-15(17(4,5)6)19-14(11)10-13(12)18/h7-10H,1-6H3. The van der Waals surface area contributed by atoms with E-state index < -0.39 is 0 Å². The zero-order valence-corrected chi connectivity index (χ0v) is 12.6. The molecule has 0 radical (unpaired) electrons. The largest absolute Gasteiger partial charge is 0.252 e. The summed E-state index contributed by atoms with van der Waals surface area (Å²) in [7, 11) is 0. The summed E-state index contributed by atoms with van der Waals surface area (Å²) in [5.41, 5.74) is 2.25. The molecule has 19 heavy (non-hydrogen) atoms. The first-order valence-corrected chi connectivity index (χ1v) is 6.70. The van der Waals surface area contributed by atoms with Crippen LogP contribution in [0.25, 0.3) is 10.9 Å². The van der Waals surface area contributed by atoms with Gasteiger partial charge in [-0.1, -0.05) is 47.6 Å². The lowest BCUT2D eigenvalue weighted by Crippen LogP contribution is -2.15. The zero-order chi connectivity index (χ0) is 14.4. The van der Waals surface area contributed by atoms with E-state index >= 15 is 0 Å². The summed E-state index contributed by atoms with van der Waals surface area (Å²) in [6.45, 7) is 12.4. The van der Waals surface area contributed by atoms with E-state index in [2.05, 4.69) is 25.8 Å². The molecule has 1 heterocycles. The number of halogens is 1. The lowest BCUT2D eigenvalue weighted by atomic mass is 9.85. The van der Waals surface area contributed by atoms with Gasteiger partial charge < -0.3 is 0 Å². The number of rotatable bonds is 0. The van der Waals surface area contributed by atoms with Gasteiger partial charge in [0.25, 0.3) is 0 Å². The molecule has 0 N–H and O–H groups in total. The van der Waals surface area contributed by atoms with Gasteiger partial charge in [0, 0.05) is 22.6 Å². The van der Waals surface area contributed by atoms with Crippen LogP contribution in [0.3, 0.4) is 0 Å². The first kappa shape index (κ1) is 14.0. The predicted molar refractivity (Wildman–Crippen MR) is 79.1 cm³/mol.